The Hall–Kier alpha value is -3.57. The zero-order valence-electron chi connectivity index (χ0n) is 17.0. The second-order valence-corrected chi connectivity index (χ2v) is 7.42. The number of hydrogen-bond acceptors (Lipinski definition) is 6. The van der Waals surface area contributed by atoms with Crippen molar-refractivity contribution >= 4 is 11.7 Å². The summed E-state index contributed by atoms with van der Waals surface area (Å²) in [5.74, 6) is -0.742. The van der Waals surface area contributed by atoms with Crippen LogP contribution in [0, 0.1) is 5.82 Å². The summed E-state index contributed by atoms with van der Waals surface area (Å²) in [5.41, 5.74) is -1.32. The molecular formula is C20H19F4N7O. The smallest absolute Gasteiger partial charge is 0.356 e. The Morgan fingerprint density at radius 2 is 1.91 bits per heavy atom. The normalized spacial score (nSPS) is 15.1. The van der Waals surface area contributed by atoms with Crippen molar-refractivity contribution < 1.29 is 22.4 Å². The van der Waals surface area contributed by atoms with Gasteiger partial charge in [0.1, 0.15) is 28.7 Å². The van der Waals surface area contributed by atoms with Gasteiger partial charge in [-0.05, 0) is 25.0 Å². The van der Waals surface area contributed by atoms with Gasteiger partial charge in [-0.1, -0.05) is 0 Å². The molecule has 1 amide bonds. The summed E-state index contributed by atoms with van der Waals surface area (Å²) < 4.78 is 54.6. The Balaban J connectivity index is 1.48. The van der Waals surface area contributed by atoms with Gasteiger partial charge in [-0.15, -0.1) is 0 Å². The van der Waals surface area contributed by atoms with Crippen molar-refractivity contribution in [2.75, 3.05) is 18.0 Å². The van der Waals surface area contributed by atoms with Crippen molar-refractivity contribution in [3.8, 4) is 11.5 Å². The van der Waals surface area contributed by atoms with Crippen LogP contribution in [0.15, 0.2) is 36.9 Å². The minimum absolute atomic E-state index is 0.234. The van der Waals surface area contributed by atoms with Gasteiger partial charge in [0.05, 0.1) is 18.7 Å². The van der Waals surface area contributed by atoms with Crippen LogP contribution in [-0.4, -0.2) is 49.5 Å². The molecule has 3 aromatic rings. The largest absolute Gasteiger partial charge is 0.433 e. The first-order valence-electron chi connectivity index (χ1n) is 9.81. The van der Waals surface area contributed by atoms with Crippen LogP contribution in [-0.2, 0) is 13.2 Å². The third kappa shape index (κ3) is 4.68. The number of hydrogen-bond donors (Lipinski definition) is 1. The number of pyridine rings is 1. The number of aryl methyl sites for hydroxylation is 1. The summed E-state index contributed by atoms with van der Waals surface area (Å²) in [6.07, 6.45) is 0.237. The number of nitrogens with one attached hydrogen (secondary N) is 1. The maximum atomic E-state index is 13.4. The number of alkyl halides is 3. The van der Waals surface area contributed by atoms with Crippen LogP contribution in [0.25, 0.3) is 11.5 Å². The molecule has 168 valence electrons. The second-order valence-electron chi connectivity index (χ2n) is 7.42. The second kappa shape index (κ2) is 8.52. The van der Waals surface area contributed by atoms with Gasteiger partial charge < -0.3 is 14.8 Å². The van der Waals surface area contributed by atoms with E-state index in [1.54, 1.807) is 13.1 Å². The van der Waals surface area contributed by atoms with E-state index in [9.17, 15) is 22.4 Å². The van der Waals surface area contributed by atoms with E-state index in [1.165, 1.54) is 23.2 Å². The molecule has 0 atom stereocenters. The number of amides is 1. The van der Waals surface area contributed by atoms with Crippen LogP contribution >= 0.6 is 0 Å². The number of aromatic nitrogens is 5. The van der Waals surface area contributed by atoms with Crippen LogP contribution in [0.4, 0.5) is 23.4 Å². The molecule has 0 aliphatic carbocycles. The Bertz CT molecular complexity index is 1110. The van der Waals surface area contributed by atoms with Crippen LogP contribution in [0.1, 0.15) is 29.0 Å². The lowest BCUT2D eigenvalue weighted by Crippen LogP contribution is -2.45. The molecule has 32 heavy (non-hydrogen) atoms. The highest BCUT2D eigenvalue weighted by atomic mass is 19.4. The number of carbonyl (C=O) groups is 1. The lowest BCUT2D eigenvalue weighted by Gasteiger charge is -2.33. The molecule has 4 heterocycles. The third-order valence-electron chi connectivity index (χ3n) is 5.16. The van der Waals surface area contributed by atoms with Crippen molar-refractivity contribution in [3.05, 3.63) is 54.1 Å². The van der Waals surface area contributed by atoms with Gasteiger partial charge >= 0.3 is 6.18 Å². The molecule has 1 saturated heterocycles. The van der Waals surface area contributed by atoms with Gasteiger partial charge in [0.2, 0.25) is 0 Å². The summed E-state index contributed by atoms with van der Waals surface area (Å²) in [7, 11) is 1.59. The predicted octanol–water partition coefficient (Wildman–Crippen LogP) is 2.83. The Labute approximate surface area is 180 Å². The topological polar surface area (TPSA) is 88.8 Å². The van der Waals surface area contributed by atoms with Gasteiger partial charge in [-0.2, -0.15) is 13.2 Å². The first-order chi connectivity index (χ1) is 15.2. The van der Waals surface area contributed by atoms with Gasteiger partial charge in [-0.3, -0.25) is 4.79 Å². The summed E-state index contributed by atoms with van der Waals surface area (Å²) in [5, 5.41) is 2.76. The molecule has 8 nitrogen and oxygen atoms in total. The maximum absolute atomic E-state index is 13.4. The lowest BCUT2D eigenvalue weighted by atomic mass is 10.0. The average Bonchev–Trinajstić information content (AvgIpc) is 3.20. The molecular weight excluding hydrogens is 430 g/mol. The molecule has 12 heteroatoms. The first-order valence-corrected chi connectivity index (χ1v) is 9.81. The van der Waals surface area contributed by atoms with E-state index in [0.29, 0.717) is 37.8 Å². The molecule has 1 aliphatic rings. The van der Waals surface area contributed by atoms with Crippen molar-refractivity contribution in [2.45, 2.75) is 25.1 Å². The van der Waals surface area contributed by atoms with E-state index >= 15 is 0 Å². The number of piperidine rings is 1. The van der Waals surface area contributed by atoms with Gasteiger partial charge in [0.25, 0.3) is 5.91 Å². The summed E-state index contributed by atoms with van der Waals surface area (Å²) in [6, 6.07) is 3.30. The molecule has 0 aromatic carbocycles. The minimum Gasteiger partial charge on any atom is -0.356 e. The molecule has 3 aromatic heterocycles. The van der Waals surface area contributed by atoms with Gasteiger partial charge in [0.15, 0.2) is 5.82 Å². The Morgan fingerprint density at radius 1 is 1.16 bits per heavy atom. The number of rotatable bonds is 4. The molecule has 0 radical (unpaired) electrons. The highest BCUT2D eigenvalue weighted by Gasteiger charge is 2.35. The van der Waals surface area contributed by atoms with Crippen molar-refractivity contribution in [3.63, 3.8) is 0 Å². The fourth-order valence-electron chi connectivity index (χ4n) is 3.46. The van der Waals surface area contributed by atoms with E-state index in [4.69, 9.17) is 0 Å². The fourth-order valence-corrected chi connectivity index (χ4v) is 3.46. The highest BCUT2D eigenvalue weighted by molar-refractivity contribution is 5.93. The minimum atomic E-state index is -4.74. The summed E-state index contributed by atoms with van der Waals surface area (Å²) in [6.45, 7) is 1.11. The van der Waals surface area contributed by atoms with E-state index in [1.807, 2.05) is 4.90 Å². The van der Waals surface area contributed by atoms with E-state index in [-0.39, 0.29) is 23.3 Å². The molecule has 1 N–H and O–H groups in total. The fraction of sp³-hybridized carbons (Fsp3) is 0.350. The monoisotopic (exact) mass is 449 g/mol. The maximum Gasteiger partial charge on any atom is 0.433 e. The number of halogens is 4. The van der Waals surface area contributed by atoms with Crippen molar-refractivity contribution in [2.24, 2.45) is 7.05 Å². The number of nitrogens with zero attached hydrogens (tertiary/aromatic N) is 6. The predicted molar refractivity (Wildman–Crippen MR) is 106 cm³/mol. The molecule has 1 fully saturated rings. The Kier molecular flexibility index (Phi) is 5.76. The average molecular weight is 449 g/mol. The van der Waals surface area contributed by atoms with E-state index in [2.05, 4.69) is 25.3 Å². The van der Waals surface area contributed by atoms with Crippen molar-refractivity contribution in [1.29, 1.82) is 0 Å². The third-order valence-corrected chi connectivity index (χ3v) is 5.16. The lowest BCUT2D eigenvalue weighted by molar-refractivity contribution is -0.141. The molecule has 0 bridgehead atoms. The van der Waals surface area contributed by atoms with Gasteiger partial charge in [0, 0.05) is 32.2 Å². The highest BCUT2D eigenvalue weighted by Crippen LogP contribution is 2.29. The molecule has 4 rings (SSSR count). The van der Waals surface area contributed by atoms with Crippen LogP contribution in [0.3, 0.4) is 0 Å². The number of anilines is 1. The van der Waals surface area contributed by atoms with Crippen molar-refractivity contribution in [1.82, 2.24) is 29.8 Å². The molecule has 1 aliphatic heterocycles. The summed E-state index contributed by atoms with van der Waals surface area (Å²) in [4.78, 5) is 30.2. The number of imidazole rings is 1. The molecule has 0 spiro atoms. The van der Waals surface area contributed by atoms with Crippen LogP contribution < -0.4 is 10.2 Å². The zero-order chi connectivity index (χ0) is 22.9. The SMILES string of the molecule is Cn1cncc1-c1nc(C(=O)NC2CCN(c3ccc(F)cn3)CC2)cc(C(F)(F)F)n1. The Morgan fingerprint density at radius 3 is 2.50 bits per heavy atom. The first kappa shape index (κ1) is 21.7. The summed E-state index contributed by atoms with van der Waals surface area (Å²) >= 11 is 0. The molecule has 0 saturated carbocycles. The standard InChI is InChI=1S/C20H19F4N7O/c1-30-11-25-10-15(30)18-28-14(8-16(29-18)20(22,23)24)19(32)27-13-4-6-31(7-5-13)17-3-2-12(21)9-26-17/h2-3,8-11,13H,4-7H2,1H3,(H,27,32). The molecule has 0 unspecified atom stereocenters. The van der Waals surface area contributed by atoms with Crippen LogP contribution in [0.5, 0.6) is 0 Å². The quantitative estimate of drug-likeness (QED) is 0.617. The van der Waals surface area contributed by atoms with Crippen LogP contribution in [0.2, 0.25) is 0 Å². The number of carbonyl (C=O) groups excluding carboxylic acids is 1. The van der Waals surface area contributed by atoms with Gasteiger partial charge in [-0.25, -0.2) is 24.3 Å². The van der Waals surface area contributed by atoms with E-state index < -0.39 is 23.6 Å². The van der Waals surface area contributed by atoms with E-state index in [0.717, 1.165) is 6.20 Å². The zero-order valence-corrected chi connectivity index (χ0v) is 17.0.